The molecule has 0 aromatic carbocycles. The van der Waals surface area contributed by atoms with E-state index in [1.165, 1.54) is 0 Å². The van der Waals surface area contributed by atoms with Gasteiger partial charge in [0.05, 0.1) is 0 Å². The molecule has 1 aliphatic carbocycles. The van der Waals surface area contributed by atoms with Crippen molar-refractivity contribution in [1.29, 1.82) is 0 Å². The molecule has 0 radical (unpaired) electrons. The Labute approximate surface area is 75.7 Å². The number of rotatable bonds is 1. The van der Waals surface area contributed by atoms with Crippen molar-refractivity contribution in [1.82, 2.24) is 5.32 Å². The molecule has 2 amide bonds. The summed E-state index contributed by atoms with van der Waals surface area (Å²) < 4.78 is 25.5. The van der Waals surface area contributed by atoms with Crippen LogP contribution < -0.4 is 11.1 Å². The van der Waals surface area contributed by atoms with Crippen molar-refractivity contribution >= 4 is 6.03 Å². The Hall–Kier alpha value is -0.870. The summed E-state index contributed by atoms with van der Waals surface area (Å²) in [5.41, 5.74) is 4.39. The van der Waals surface area contributed by atoms with E-state index < -0.39 is 17.5 Å². The van der Waals surface area contributed by atoms with Crippen LogP contribution >= 0.6 is 0 Å². The third kappa shape index (κ3) is 2.82. The van der Waals surface area contributed by atoms with Crippen LogP contribution in [-0.2, 0) is 0 Å². The van der Waals surface area contributed by atoms with Crippen molar-refractivity contribution in [3.63, 3.8) is 0 Å². The predicted molar refractivity (Wildman–Crippen MR) is 44.5 cm³/mol. The van der Waals surface area contributed by atoms with E-state index in [0.717, 1.165) is 0 Å². The van der Waals surface area contributed by atoms with Crippen LogP contribution in [0.2, 0.25) is 0 Å². The Balaban J connectivity index is 2.51. The molecule has 0 aromatic heterocycles. The molecule has 0 bridgehead atoms. The Morgan fingerprint density at radius 3 is 2.15 bits per heavy atom. The summed E-state index contributed by atoms with van der Waals surface area (Å²) in [6.45, 7) is 1.74. The van der Waals surface area contributed by atoms with Gasteiger partial charge in [0.1, 0.15) is 0 Å². The fraction of sp³-hybridized carbons (Fsp3) is 0.875. The lowest BCUT2D eigenvalue weighted by Gasteiger charge is -2.37. The summed E-state index contributed by atoms with van der Waals surface area (Å²) >= 11 is 0. The fourth-order valence-corrected chi connectivity index (χ4v) is 1.59. The molecular weight excluding hydrogens is 178 g/mol. The first-order chi connectivity index (χ1) is 5.83. The van der Waals surface area contributed by atoms with Crippen LogP contribution in [0.5, 0.6) is 0 Å². The van der Waals surface area contributed by atoms with Gasteiger partial charge >= 0.3 is 6.03 Å². The van der Waals surface area contributed by atoms with Crippen LogP contribution in [0.25, 0.3) is 0 Å². The summed E-state index contributed by atoms with van der Waals surface area (Å²) in [5, 5.41) is 2.50. The van der Waals surface area contributed by atoms with Crippen molar-refractivity contribution in [3.8, 4) is 0 Å². The lowest BCUT2D eigenvalue weighted by molar-refractivity contribution is -0.0515. The number of primary amides is 1. The number of nitrogens with two attached hydrogens (primary N) is 1. The second-order valence-electron chi connectivity index (χ2n) is 3.91. The van der Waals surface area contributed by atoms with E-state index in [4.69, 9.17) is 5.73 Å². The maximum absolute atomic E-state index is 12.7. The third-order valence-electron chi connectivity index (χ3n) is 2.51. The number of carbonyl (C=O) groups excluding carboxylic acids is 1. The van der Waals surface area contributed by atoms with Gasteiger partial charge in [-0.3, -0.25) is 0 Å². The minimum absolute atomic E-state index is 0.177. The number of alkyl halides is 2. The van der Waals surface area contributed by atoms with Crippen molar-refractivity contribution in [2.75, 3.05) is 0 Å². The molecule has 5 heteroatoms. The third-order valence-corrected chi connectivity index (χ3v) is 2.51. The van der Waals surface area contributed by atoms with E-state index in [9.17, 15) is 13.6 Å². The number of urea groups is 1. The van der Waals surface area contributed by atoms with Gasteiger partial charge in [-0.25, -0.2) is 13.6 Å². The van der Waals surface area contributed by atoms with E-state index in [1.54, 1.807) is 6.92 Å². The Kier molecular flexibility index (Phi) is 2.45. The van der Waals surface area contributed by atoms with Crippen LogP contribution in [0.15, 0.2) is 0 Å². The number of hydrogen-bond acceptors (Lipinski definition) is 1. The molecule has 1 fully saturated rings. The van der Waals surface area contributed by atoms with Crippen molar-refractivity contribution in [2.24, 2.45) is 5.73 Å². The van der Waals surface area contributed by atoms with Gasteiger partial charge in [-0.2, -0.15) is 0 Å². The van der Waals surface area contributed by atoms with Crippen LogP contribution in [0, 0.1) is 0 Å². The van der Waals surface area contributed by atoms with Gasteiger partial charge in [-0.05, 0) is 19.8 Å². The molecule has 13 heavy (non-hydrogen) atoms. The molecule has 1 aliphatic rings. The molecule has 0 heterocycles. The highest BCUT2D eigenvalue weighted by Crippen LogP contribution is 2.37. The second kappa shape index (κ2) is 3.12. The number of halogens is 2. The van der Waals surface area contributed by atoms with Gasteiger partial charge in [0.25, 0.3) is 0 Å². The highest BCUT2D eigenvalue weighted by Gasteiger charge is 2.41. The predicted octanol–water partition coefficient (Wildman–Crippen LogP) is 1.62. The standard InChI is InChI=1S/C8H14F2N2O/c1-7(12-6(11)13)2-4-8(9,10)5-3-7/h2-5H2,1H3,(H3,11,12,13). The molecule has 3 N–H and O–H groups in total. The van der Waals surface area contributed by atoms with Gasteiger partial charge in [-0.1, -0.05) is 0 Å². The molecule has 1 saturated carbocycles. The van der Waals surface area contributed by atoms with Crippen molar-refractivity contribution in [2.45, 2.75) is 44.1 Å². The van der Waals surface area contributed by atoms with Crippen LogP contribution in [0.1, 0.15) is 32.6 Å². The van der Waals surface area contributed by atoms with Gasteiger partial charge in [0.15, 0.2) is 0 Å². The van der Waals surface area contributed by atoms with E-state index in [1.807, 2.05) is 0 Å². The van der Waals surface area contributed by atoms with E-state index in [0.29, 0.717) is 0 Å². The minimum atomic E-state index is -2.57. The first-order valence-electron chi connectivity index (χ1n) is 4.28. The number of amides is 2. The lowest BCUT2D eigenvalue weighted by Crippen LogP contribution is -2.51. The zero-order valence-electron chi connectivity index (χ0n) is 7.57. The molecule has 0 aromatic rings. The summed E-state index contributed by atoms with van der Waals surface area (Å²) in [6.07, 6.45) is 0.208. The average molecular weight is 192 g/mol. The minimum Gasteiger partial charge on any atom is -0.352 e. The van der Waals surface area contributed by atoms with Gasteiger partial charge in [0, 0.05) is 18.4 Å². The molecule has 76 valence electrons. The summed E-state index contributed by atoms with van der Waals surface area (Å²) in [5.74, 6) is -2.57. The molecule has 0 saturated heterocycles. The Bertz CT molecular complexity index is 208. The zero-order chi connectivity index (χ0) is 10.1. The molecule has 0 atom stereocenters. The molecule has 0 unspecified atom stereocenters. The van der Waals surface area contributed by atoms with E-state index in [-0.39, 0.29) is 25.7 Å². The monoisotopic (exact) mass is 192 g/mol. The van der Waals surface area contributed by atoms with Gasteiger partial charge in [-0.15, -0.1) is 0 Å². The number of nitrogens with one attached hydrogen (secondary N) is 1. The first kappa shape index (κ1) is 10.2. The van der Waals surface area contributed by atoms with Gasteiger partial charge < -0.3 is 11.1 Å². The Morgan fingerprint density at radius 1 is 1.31 bits per heavy atom. The summed E-state index contributed by atoms with van der Waals surface area (Å²) in [7, 11) is 0. The topological polar surface area (TPSA) is 55.1 Å². The summed E-state index contributed by atoms with van der Waals surface area (Å²) in [4.78, 5) is 10.6. The Morgan fingerprint density at radius 2 is 1.77 bits per heavy atom. The quantitative estimate of drug-likeness (QED) is 0.651. The molecule has 1 rings (SSSR count). The molecule has 3 nitrogen and oxygen atoms in total. The van der Waals surface area contributed by atoms with Crippen LogP contribution in [-0.4, -0.2) is 17.5 Å². The largest absolute Gasteiger partial charge is 0.352 e. The van der Waals surface area contributed by atoms with Crippen molar-refractivity contribution < 1.29 is 13.6 Å². The smallest absolute Gasteiger partial charge is 0.312 e. The number of carbonyl (C=O) groups is 1. The summed E-state index contributed by atoms with van der Waals surface area (Å²) in [6, 6.07) is -0.646. The zero-order valence-corrected chi connectivity index (χ0v) is 7.57. The first-order valence-corrected chi connectivity index (χ1v) is 4.28. The normalized spacial score (nSPS) is 25.2. The highest BCUT2D eigenvalue weighted by atomic mass is 19.3. The maximum atomic E-state index is 12.7. The van der Waals surface area contributed by atoms with Crippen molar-refractivity contribution in [3.05, 3.63) is 0 Å². The van der Waals surface area contributed by atoms with E-state index in [2.05, 4.69) is 5.32 Å². The second-order valence-corrected chi connectivity index (χ2v) is 3.91. The van der Waals surface area contributed by atoms with Gasteiger partial charge in [0.2, 0.25) is 5.92 Å². The SMILES string of the molecule is CC1(NC(N)=O)CCC(F)(F)CC1. The number of hydrogen-bond donors (Lipinski definition) is 2. The van der Waals surface area contributed by atoms with E-state index >= 15 is 0 Å². The molecular formula is C8H14F2N2O. The van der Waals surface area contributed by atoms with Crippen LogP contribution in [0.4, 0.5) is 13.6 Å². The lowest BCUT2D eigenvalue weighted by atomic mass is 9.81. The molecule has 0 spiro atoms. The van der Waals surface area contributed by atoms with Crippen LogP contribution in [0.3, 0.4) is 0 Å². The molecule has 0 aliphatic heterocycles. The highest BCUT2D eigenvalue weighted by molar-refractivity contribution is 5.72. The average Bonchev–Trinajstić information content (AvgIpc) is 1.95. The maximum Gasteiger partial charge on any atom is 0.312 e. The fourth-order valence-electron chi connectivity index (χ4n) is 1.59.